The Morgan fingerprint density at radius 1 is 1.17 bits per heavy atom. The number of pyridine rings is 1. The summed E-state index contributed by atoms with van der Waals surface area (Å²) in [5.74, 6) is 0.0847. The Morgan fingerprint density at radius 3 is 2.58 bits per heavy atom. The predicted molar refractivity (Wildman–Crippen MR) is 91.3 cm³/mol. The number of hydrogen-bond acceptors (Lipinski definition) is 4. The first-order valence-corrected chi connectivity index (χ1v) is 9.47. The summed E-state index contributed by atoms with van der Waals surface area (Å²) in [5, 5.41) is 0.636. The maximum absolute atomic E-state index is 12.9. The number of hydrogen-bond donors (Lipinski definition) is 0. The van der Waals surface area contributed by atoms with Gasteiger partial charge in [-0.15, -0.1) is 0 Å². The molecule has 1 aliphatic rings. The van der Waals surface area contributed by atoms with Crippen LogP contribution in [0.3, 0.4) is 0 Å². The Hall–Kier alpha value is -1.76. The van der Waals surface area contributed by atoms with Gasteiger partial charge in [0.15, 0.2) is 5.03 Å². The van der Waals surface area contributed by atoms with Crippen LogP contribution >= 0.6 is 11.6 Å². The zero-order valence-electron chi connectivity index (χ0n) is 12.9. The lowest BCUT2D eigenvalue weighted by atomic mass is 9.97. The van der Waals surface area contributed by atoms with Gasteiger partial charge in [-0.3, -0.25) is 4.79 Å². The minimum Gasteiger partial charge on any atom is -0.300 e. The fourth-order valence-corrected chi connectivity index (χ4v) is 4.57. The molecule has 5 nitrogen and oxygen atoms in total. The minimum atomic E-state index is -3.72. The average Bonchev–Trinajstić information content (AvgIpc) is 2.58. The minimum absolute atomic E-state index is 0.0143. The molecule has 24 heavy (non-hydrogen) atoms. The van der Waals surface area contributed by atoms with Crippen molar-refractivity contribution in [1.82, 2.24) is 9.29 Å². The molecule has 0 spiro atoms. The van der Waals surface area contributed by atoms with Crippen molar-refractivity contribution in [2.24, 2.45) is 0 Å². The molecule has 1 saturated heterocycles. The quantitative estimate of drug-likeness (QED) is 0.836. The largest absolute Gasteiger partial charge is 0.300 e. The smallest absolute Gasteiger partial charge is 0.260 e. The summed E-state index contributed by atoms with van der Waals surface area (Å²) in [5.41, 5.74) is 0.945. The Balaban J connectivity index is 1.89. The normalized spacial score (nSPS) is 19.4. The van der Waals surface area contributed by atoms with E-state index in [4.69, 9.17) is 11.6 Å². The standard InChI is InChI=1S/C17H17ClN2O3S/c18-14-6-4-13(5-7-14)11-15-12-16(21)8-10-20(15)24(22,23)17-3-1-2-9-19-17/h1-7,9,15H,8,10-12H2. The van der Waals surface area contributed by atoms with Gasteiger partial charge in [-0.05, 0) is 36.2 Å². The van der Waals surface area contributed by atoms with Crippen molar-refractivity contribution in [2.45, 2.75) is 30.3 Å². The highest BCUT2D eigenvalue weighted by molar-refractivity contribution is 7.89. The lowest BCUT2D eigenvalue weighted by molar-refractivity contribution is -0.121. The maximum Gasteiger partial charge on any atom is 0.260 e. The van der Waals surface area contributed by atoms with Crippen molar-refractivity contribution >= 4 is 27.4 Å². The van der Waals surface area contributed by atoms with Gasteiger partial charge in [0, 0.05) is 36.6 Å². The summed E-state index contributed by atoms with van der Waals surface area (Å²) in [6.45, 7) is 0.190. The van der Waals surface area contributed by atoms with Crippen LogP contribution in [0.4, 0.5) is 0 Å². The number of Topliss-reactive ketones (excluding diaryl/α,β-unsaturated/α-hetero) is 1. The summed E-state index contributed by atoms with van der Waals surface area (Å²) in [7, 11) is -3.72. The monoisotopic (exact) mass is 364 g/mol. The SMILES string of the molecule is O=C1CCN(S(=O)(=O)c2ccccn2)C(Cc2ccc(Cl)cc2)C1. The first-order chi connectivity index (χ1) is 11.5. The Bertz CT molecular complexity index is 823. The van der Waals surface area contributed by atoms with E-state index in [1.54, 1.807) is 24.3 Å². The first kappa shape index (κ1) is 17.1. The van der Waals surface area contributed by atoms with Crippen LogP contribution in [-0.4, -0.2) is 36.1 Å². The molecular formula is C17H17ClN2O3S. The lowest BCUT2D eigenvalue weighted by Gasteiger charge is -2.33. The average molecular weight is 365 g/mol. The van der Waals surface area contributed by atoms with Crippen LogP contribution in [0, 0.1) is 0 Å². The highest BCUT2D eigenvalue weighted by atomic mass is 35.5. The third kappa shape index (κ3) is 3.66. The molecule has 1 aromatic carbocycles. The van der Waals surface area contributed by atoms with E-state index in [1.807, 2.05) is 12.1 Å². The number of carbonyl (C=O) groups is 1. The van der Waals surface area contributed by atoms with E-state index in [-0.39, 0.29) is 30.2 Å². The van der Waals surface area contributed by atoms with Crippen LogP contribution in [0.2, 0.25) is 5.02 Å². The second-order valence-corrected chi connectivity index (χ2v) is 8.03. The molecule has 0 bridgehead atoms. The van der Waals surface area contributed by atoms with Crippen molar-refractivity contribution in [2.75, 3.05) is 6.54 Å². The Morgan fingerprint density at radius 2 is 1.92 bits per heavy atom. The van der Waals surface area contributed by atoms with Crippen molar-refractivity contribution in [3.63, 3.8) is 0 Å². The summed E-state index contributed by atoms with van der Waals surface area (Å²) in [6.07, 6.45) is 2.38. The third-order valence-corrected chi connectivity index (χ3v) is 6.20. The van der Waals surface area contributed by atoms with Gasteiger partial charge in [0.25, 0.3) is 10.0 Å². The number of ketones is 1. The zero-order chi connectivity index (χ0) is 17.2. The van der Waals surface area contributed by atoms with Gasteiger partial charge in [-0.25, -0.2) is 13.4 Å². The molecule has 1 aliphatic heterocycles. The topological polar surface area (TPSA) is 67.3 Å². The fourth-order valence-electron chi connectivity index (χ4n) is 2.89. The van der Waals surface area contributed by atoms with Crippen molar-refractivity contribution in [3.8, 4) is 0 Å². The number of sulfonamides is 1. The van der Waals surface area contributed by atoms with Gasteiger partial charge in [0.05, 0.1) is 0 Å². The molecule has 1 aromatic heterocycles. The van der Waals surface area contributed by atoms with Gasteiger partial charge in [-0.2, -0.15) is 4.31 Å². The zero-order valence-corrected chi connectivity index (χ0v) is 14.5. The summed E-state index contributed by atoms with van der Waals surface area (Å²) in [4.78, 5) is 15.8. The summed E-state index contributed by atoms with van der Waals surface area (Å²) >= 11 is 5.89. The highest BCUT2D eigenvalue weighted by Crippen LogP contribution is 2.25. The van der Waals surface area contributed by atoms with E-state index >= 15 is 0 Å². The van der Waals surface area contributed by atoms with Gasteiger partial charge < -0.3 is 0 Å². The molecule has 2 heterocycles. The van der Waals surface area contributed by atoms with E-state index in [0.717, 1.165) is 5.56 Å². The highest BCUT2D eigenvalue weighted by Gasteiger charge is 2.36. The van der Waals surface area contributed by atoms with Crippen LogP contribution in [0.15, 0.2) is 53.7 Å². The van der Waals surface area contributed by atoms with E-state index in [1.165, 1.54) is 16.6 Å². The number of carbonyl (C=O) groups excluding carboxylic acids is 1. The van der Waals surface area contributed by atoms with E-state index < -0.39 is 16.1 Å². The van der Waals surface area contributed by atoms with Crippen molar-refractivity contribution in [1.29, 1.82) is 0 Å². The molecule has 3 rings (SSSR count). The molecule has 0 radical (unpaired) electrons. The molecular weight excluding hydrogens is 348 g/mol. The number of rotatable bonds is 4. The summed E-state index contributed by atoms with van der Waals surface area (Å²) < 4.78 is 27.2. The lowest BCUT2D eigenvalue weighted by Crippen LogP contribution is -2.47. The van der Waals surface area contributed by atoms with Gasteiger partial charge in [0.1, 0.15) is 5.78 Å². The van der Waals surface area contributed by atoms with Crippen LogP contribution in [0.5, 0.6) is 0 Å². The Labute approximate surface area is 146 Å². The molecule has 0 amide bonds. The fraction of sp³-hybridized carbons (Fsp3) is 0.294. The van der Waals surface area contributed by atoms with Crippen molar-refractivity contribution < 1.29 is 13.2 Å². The van der Waals surface area contributed by atoms with E-state index in [0.29, 0.717) is 11.4 Å². The number of benzene rings is 1. The molecule has 0 aliphatic carbocycles. The number of nitrogens with zero attached hydrogens (tertiary/aromatic N) is 2. The molecule has 0 N–H and O–H groups in total. The molecule has 2 aromatic rings. The van der Waals surface area contributed by atoms with Crippen LogP contribution in [0.25, 0.3) is 0 Å². The number of aromatic nitrogens is 1. The van der Waals surface area contributed by atoms with Crippen molar-refractivity contribution in [3.05, 3.63) is 59.2 Å². The second-order valence-electron chi connectivity index (χ2n) is 5.76. The Kier molecular flexibility index (Phi) is 4.99. The first-order valence-electron chi connectivity index (χ1n) is 7.66. The van der Waals surface area contributed by atoms with Crippen LogP contribution in [0.1, 0.15) is 18.4 Å². The molecule has 1 fully saturated rings. The van der Waals surface area contributed by atoms with Gasteiger partial charge in [0.2, 0.25) is 0 Å². The number of piperidine rings is 1. The van der Waals surface area contributed by atoms with E-state index in [2.05, 4.69) is 4.98 Å². The second kappa shape index (κ2) is 7.01. The molecule has 1 unspecified atom stereocenters. The van der Waals surface area contributed by atoms with Gasteiger partial charge in [-0.1, -0.05) is 29.8 Å². The predicted octanol–water partition coefficient (Wildman–Crippen LogP) is 2.70. The van der Waals surface area contributed by atoms with Gasteiger partial charge >= 0.3 is 0 Å². The summed E-state index contributed by atoms with van der Waals surface area (Å²) in [6, 6.07) is 11.6. The maximum atomic E-state index is 12.9. The molecule has 0 saturated carbocycles. The molecule has 126 valence electrons. The molecule has 7 heteroatoms. The van der Waals surface area contributed by atoms with Crippen LogP contribution < -0.4 is 0 Å². The molecule has 1 atom stereocenters. The third-order valence-electron chi connectivity index (χ3n) is 4.08. The number of halogens is 1. The van der Waals surface area contributed by atoms with Crippen LogP contribution in [-0.2, 0) is 21.2 Å². The van der Waals surface area contributed by atoms with E-state index in [9.17, 15) is 13.2 Å².